The Morgan fingerprint density at radius 2 is 1.74 bits per heavy atom. The van der Waals surface area contributed by atoms with Gasteiger partial charge in [0.1, 0.15) is 16.8 Å². The minimum atomic E-state index is -0.841. The molecule has 4 rings (SSSR count). The number of hydrogen-bond donors (Lipinski definition) is 1. The van der Waals surface area contributed by atoms with Gasteiger partial charge in [-0.3, -0.25) is 14.5 Å². The second kappa shape index (κ2) is 9.33. The number of ether oxygens (including phenoxy) is 2. The molecule has 1 amide bonds. The molecule has 1 unspecified atom stereocenters. The van der Waals surface area contributed by atoms with Crippen molar-refractivity contribution in [2.75, 3.05) is 19.1 Å². The summed E-state index contributed by atoms with van der Waals surface area (Å²) in [4.78, 5) is 28.7. The molecular weight excluding hydrogens is 497 g/mol. The third-order valence-corrected chi connectivity index (χ3v) is 7.37. The summed E-state index contributed by atoms with van der Waals surface area (Å²) in [5.74, 6) is -1.76. The second-order valence-electron chi connectivity index (χ2n) is 7.74. The number of aliphatic hydroxyl groups is 1. The molecule has 1 aromatic heterocycles. The van der Waals surface area contributed by atoms with E-state index in [1.54, 1.807) is 6.07 Å². The van der Waals surface area contributed by atoms with E-state index in [1.165, 1.54) is 36.5 Å². The van der Waals surface area contributed by atoms with Gasteiger partial charge in [-0.25, -0.2) is 0 Å². The number of amides is 1. The molecule has 1 aliphatic rings. The number of ketones is 1. The van der Waals surface area contributed by atoms with Crippen LogP contribution >= 0.6 is 34.5 Å². The number of anilines is 1. The maximum absolute atomic E-state index is 13.3. The number of carbonyl (C=O) groups excluding carboxylic acids is 2. The summed E-state index contributed by atoms with van der Waals surface area (Å²) in [5.41, 5.74) is 2.58. The Hall–Kier alpha value is -3.00. The molecule has 9 heteroatoms. The second-order valence-corrected chi connectivity index (χ2v) is 9.50. The summed E-state index contributed by atoms with van der Waals surface area (Å²) < 4.78 is 10.6. The van der Waals surface area contributed by atoms with Gasteiger partial charge < -0.3 is 14.6 Å². The van der Waals surface area contributed by atoms with Crippen LogP contribution in [0.5, 0.6) is 11.5 Å². The lowest BCUT2D eigenvalue weighted by Gasteiger charge is -2.25. The normalized spacial score (nSPS) is 17.4. The molecule has 1 N–H and O–H groups in total. The van der Waals surface area contributed by atoms with Crippen LogP contribution in [0.2, 0.25) is 10.0 Å². The van der Waals surface area contributed by atoms with Crippen molar-refractivity contribution in [1.29, 1.82) is 0 Å². The molecule has 0 saturated carbocycles. The number of halogens is 2. The van der Waals surface area contributed by atoms with Crippen molar-refractivity contribution in [3.8, 4) is 11.5 Å². The Labute approximate surface area is 210 Å². The quantitative estimate of drug-likeness (QED) is 0.243. The Balaban J connectivity index is 1.99. The number of Topliss-reactive ketones (excluding diaryl/α,β-unsaturated/α-hetero) is 1. The largest absolute Gasteiger partial charge is 0.507 e. The maximum Gasteiger partial charge on any atom is 0.300 e. The van der Waals surface area contributed by atoms with Gasteiger partial charge in [0.2, 0.25) is 0 Å². The number of methoxy groups -OCH3 is 2. The van der Waals surface area contributed by atoms with Crippen LogP contribution in [0, 0.1) is 13.8 Å². The standard InChI is InChI=1S/C25H21Cl2NO5S/c1-12-7-8-14(10-13(12)2)28-20(17-6-5-9-34-17)18(22(30)25(28)31)21(29)15-11-16(26)24(33-4)19(27)23(15)32-3/h5-11,20,29H,1-4H3/b21-18-. The number of hydrogen-bond acceptors (Lipinski definition) is 6. The molecule has 0 radical (unpaired) electrons. The smallest absolute Gasteiger partial charge is 0.300 e. The number of aryl methyl sites for hydroxylation is 2. The van der Waals surface area contributed by atoms with Gasteiger partial charge in [0.15, 0.2) is 11.5 Å². The van der Waals surface area contributed by atoms with Gasteiger partial charge in [-0.15, -0.1) is 11.3 Å². The summed E-state index contributed by atoms with van der Waals surface area (Å²) in [6, 6.07) is 9.72. The van der Waals surface area contributed by atoms with E-state index in [9.17, 15) is 14.7 Å². The zero-order chi connectivity index (χ0) is 24.7. The highest BCUT2D eigenvalue weighted by Crippen LogP contribution is 2.48. The molecule has 6 nitrogen and oxygen atoms in total. The first kappa shape index (κ1) is 24.1. The Morgan fingerprint density at radius 3 is 2.32 bits per heavy atom. The molecule has 1 aliphatic heterocycles. The summed E-state index contributed by atoms with van der Waals surface area (Å²) in [6.45, 7) is 3.90. The van der Waals surface area contributed by atoms with Crippen molar-refractivity contribution in [2.45, 2.75) is 19.9 Å². The monoisotopic (exact) mass is 517 g/mol. The van der Waals surface area contributed by atoms with Gasteiger partial charge in [0.05, 0.1) is 30.4 Å². The van der Waals surface area contributed by atoms with Gasteiger partial charge in [-0.2, -0.15) is 0 Å². The van der Waals surface area contributed by atoms with Crippen molar-refractivity contribution < 1.29 is 24.2 Å². The molecule has 0 bridgehead atoms. The van der Waals surface area contributed by atoms with Crippen LogP contribution in [0.25, 0.3) is 5.76 Å². The highest BCUT2D eigenvalue weighted by Gasteiger charge is 2.48. The van der Waals surface area contributed by atoms with E-state index in [4.69, 9.17) is 32.7 Å². The van der Waals surface area contributed by atoms with Crippen molar-refractivity contribution in [3.63, 3.8) is 0 Å². The molecule has 2 heterocycles. The Morgan fingerprint density at radius 1 is 1.03 bits per heavy atom. The first-order valence-corrected chi connectivity index (χ1v) is 11.9. The molecule has 1 saturated heterocycles. The van der Waals surface area contributed by atoms with Gasteiger partial charge in [0, 0.05) is 10.6 Å². The number of benzene rings is 2. The van der Waals surface area contributed by atoms with Crippen molar-refractivity contribution in [3.05, 3.63) is 79.0 Å². The van der Waals surface area contributed by atoms with Crippen molar-refractivity contribution >= 4 is 57.7 Å². The van der Waals surface area contributed by atoms with E-state index in [-0.39, 0.29) is 32.7 Å². The maximum atomic E-state index is 13.3. The van der Waals surface area contributed by atoms with E-state index >= 15 is 0 Å². The van der Waals surface area contributed by atoms with E-state index in [1.807, 2.05) is 43.5 Å². The summed E-state index contributed by atoms with van der Waals surface area (Å²) >= 11 is 14.1. The van der Waals surface area contributed by atoms with Crippen LogP contribution in [-0.2, 0) is 9.59 Å². The topological polar surface area (TPSA) is 76.1 Å². The van der Waals surface area contributed by atoms with Crippen LogP contribution < -0.4 is 14.4 Å². The zero-order valence-electron chi connectivity index (χ0n) is 18.8. The van der Waals surface area contributed by atoms with Crippen LogP contribution in [0.1, 0.15) is 27.6 Å². The lowest BCUT2D eigenvalue weighted by Crippen LogP contribution is -2.29. The number of carbonyl (C=O) groups is 2. The molecule has 1 atom stereocenters. The lowest BCUT2D eigenvalue weighted by atomic mass is 9.98. The summed E-state index contributed by atoms with van der Waals surface area (Å²) in [5, 5.41) is 13.4. The highest BCUT2D eigenvalue weighted by molar-refractivity contribution is 7.10. The van der Waals surface area contributed by atoms with Crippen LogP contribution in [0.3, 0.4) is 0 Å². The molecule has 0 spiro atoms. The fourth-order valence-corrected chi connectivity index (χ4v) is 5.49. The molecular formula is C25H21Cl2NO5S. The van der Waals surface area contributed by atoms with Crippen molar-refractivity contribution in [2.24, 2.45) is 0 Å². The molecule has 176 valence electrons. The molecule has 1 fully saturated rings. The fraction of sp³-hybridized carbons (Fsp3) is 0.200. The highest BCUT2D eigenvalue weighted by atomic mass is 35.5. The summed E-state index contributed by atoms with van der Waals surface area (Å²) in [7, 11) is 2.77. The molecule has 34 heavy (non-hydrogen) atoms. The molecule has 0 aliphatic carbocycles. The number of rotatable bonds is 5. The zero-order valence-corrected chi connectivity index (χ0v) is 21.1. The third-order valence-electron chi connectivity index (χ3n) is 5.82. The average molecular weight is 518 g/mol. The average Bonchev–Trinajstić information content (AvgIpc) is 3.42. The number of thiophene rings is 1. The fourth-order valence-electron chi connectivity index (χ4n) is 3.98. The van der Waals surface area contributed by atoms with E-state index in [2.05, 4.69) is 0 Å². The number of nitrogens with zero attached hydrogens (tertiary/aromatic N) is 1. The molecule has 2 aromatic carbocycles. The predicted octanol–water partition coefficient (Wildman–Crippen LogP) is 6.32. The Kier molecular flexibility index (Phi) is 6.62. The van der Waals surface area contributed by atoms with Crippen molar-refractivity contribution in [1.82, 2.24) is 0 Å². The van der Waals surface area contributed by atoms with Crippen LogP contribution in [-0.4, -0.2) is 31.0 Å². The van der Waals surface area contributed by atoms with Crippen LogP contribution in [0.4, 0.5) is 5.69 Å². The van der Waals surface area contributed by atoms with E-state index in [0.717, 1.165) is 11.1 Å². The van der Waals surface area contributed by atoms with Gasteiger partial charge >= 0.3 is 0 Å². The Bertz CT molecular complexity index is 1330. The van der Waals surface area contributed by atoms with E-state index < -0.39 is 23.5 Å². The lowest BCUT2D eigenvalue weighted by molar-refractivity contribution is -0.132. The minimum absolute atomic E-state index is 0.0371. The molecule has 3 aromatic rings. The first-order chi connectivity index (χ1) is 16.2. The third kappa shape index (κ3) is 3.83. The minimum Gasteiger partial charge on any atom is -0.507 e. The van der Waals surface area contributed by atoms with Gasteiger partial charge in [-0.05, 0) is 54.6 Å². The predicted molar refractivity (Wildman–Crippen MR) is 135 cm³/mol. The van der Waals surface area contributed by atoms with Crippen LogP contribution in [0.15, 0.2) is 47.4 Å². The number of aliphatic hydroxyl groups excluding tert-OH is 1. The van der Waals surface area contributed by atoms with Gasteiger partial charge in [0.25, 0.3) is 11.7 Å². The SMILES string of the molecule is COc1c(Cl)cc(/C(O)=C2/C(=O)C(=O)N(c3ccc(C)c(C)c3)C2c2cccs2)c(OC)c1Cl. The van der Waals surface area contributed by atoms with Gasteiger partial charge in [-0.1, -0.05) is 35.3 Å². The first-order valence-electron chi connectivity index (χ1n) is 10.2. The summed E-state index contributed by atoms with van der Waals surface area (Å²) in [6.07, 6.45) is 0. The van der Waals surface area contributed by atoms with E-state index in [0.29, 0.717) is 10.6 Å².